The van der Waals surface area contributed by atoms with E-state index in [1.807, 2.05) is 49.1 Å². The third-order valence-electron chi connectivity index (χ3n) is 12.3. The molecule has 0 spiro atoms. The van der Waals surface area contributed by atoms with Crippen molar-refractivity contribution in [1.82, 2.24) is 45.4 Å². The van der Waals surface area contributed by atoms with E-state index < -0.39 is 30.1 Å². The molecule has 0 unspecified atom stereocenters. The van der Waals surface area contributed by atoms with Crippen LogP contribution in [0.4, 0.5) is 14.0 Å². The second-order valence-corrected chi connectivity index (χ2v) is 16.5. The van der Waals surface area contributed by atoms with Gasteiger partial charge in [0.1, 0.15) is 29.5 Å². The van der Waals surface area contributed by atoms with Gasteiger partial charge in [0.2, 0.25) is 11.8 Å². The SMILES string of the molecule is COC(=O)N[C@H](C(=O)N1CCC[C@H]1c1ncc(-c2ccc(-c3cc4ccc(-c5cnc([C@@H]6CCCN6C(=O)[C@@H](NC(=O)OC)C6CCOCC6)[nH]5)cc4cn3)cc2F)[nH]1)C(C)C. The molecule has 0 bridgehead atoms. The number of likely N-dealkylation sites (tertiary alicyclic amines) is 2. The van der Waals surface area contributed by atoms with Crippen LogP contribution in [0.25, 0.3) is 44.5 Å². The molecule has 2 aromatic carbocycles. The Balaban J connectivity index is 0.953. The molecule has 3 aromatic heterocycles. The molecule has 8 rings (SSSR count). The topological polar surface area (TPSA) is 197 Å². The van der Waals surface area contributed by atoms with Crippen LogP contribution in [-0.2, 0) is 23.8 Å². The number of hydrogen-bond donors (Lipinski definition) is 4. The Labute approximate surface area is 358 Å². The van der Waals surface area contributed by atoms with Gasteiger partial charge >= 0.3 is 12.2 Å². The van der Waals surface area contributed by atoms with E-state index in [9.17, 15) is 19.2 Å². The maximum atomic E-state index is 15.8. The number of benzene rings is 2. The summed E-state index contributed by atoms with van der Waals surface area (Å²) in [6.45, 7) is 5.87. The summed E-state index contributed by atoms with van der Waals surface area (Å²) in [5, 5.41) is 7.25. The van der Waals surface area contributed by atoms with Gasteiger partial charge in [-0.2, -0.15) is 0 Å². The fourth-order valence-electron chi connectivity index (χ4n) is 8.96. The summed E-state index contributed by atoms with van der Waals surface area (Å²) in [4.78, 5) is 76.0. The number of rotatable bonds is 11. The second-order valence-electron chi connectivity index (χ2n) is 16.5. The highest BCUT2D eigenvalue weighted by molar-refractivity contribution is 5.90. The number of carbonyl (C=O) groups excluding carboxylic acids is 4. The van der Waals surface area contributed by atoms with Crippen LogP contribution in [0.2, 0.25) is 0 Å². The van der Waals surface area contributed by atoms with E-state index in [-0.39, 0.29) is 35.7 Å². The molecule has 0 aliphatic carbocycles. The third-order valence-corrected chi connectivity index (χ3v) is 12.3. The van der Waals surface area contributed by atoms with Crippen LogP contribution in [0.3, 0.4) is 0 Å². The lowest BCUT2D eigenvalue weighted by molar-refractivity contribution is -0.137. The highest BCUT2D eigenvalue weighted by Crippen LogP contribution is 2.36. The van der Waals surface area contributed by atoms with Crippen molar-refractivity contribution in [2.45, 2.75) is 76.5 Å². The molecule has 4 atom stereocenters. The van der Waals surface area contributed by atoms with E-state index in [0.717, 1.165) is 41.3 Å². The highest BCUT2D eigenvalue weighted by atomic mass is 19.1. The Bertz CT molecular complexity index is 2450. The van der Waals surface area contributed by atoms with Crippen molar-refractivity contribution in [1.29, 1.82) is 0 Å². The lowest BCUT2D eigenvalue weighted by atomic mass is 9.90. The molecule has 3 aliphatic heterocycles. The number of aromatic nitrogens is 5. The molecule has 3 aliphatic rings. The minimum Gasteiger partial charge on any atom is -0.453 e. The summed E-state index contributed by atoms with van der Waals surface area (Å²) in [5.41, 5.74) is 3.72. The molecule has 3 saturated heterocycles. The molecule has 3 fully saturated rings. The number of aromatic amines is 2. The van der Waals surface area contributed by atoms with Crippen molar-refractivity contribution in [3.63, 3.8) is 0 Å². The molecule has 5 aromatic rings. The number of methoxy groups -OCH3 is 2. The first-order valence-electron chi connectivity index (χ1n) is 21.2. The van der Waals surface area contributed by atoms with Gasteiger partial charge < -0.3 is 44.6 Å². The minimum atomic E-state index is -0.757. The van der Waals surface area contributed by atoms with Crippen LogP contribution in [0.15, 0.2) is 61.1 Å². The van der Waals surface area contributed by atoms with E-state index in [0.29, 0.717) is 79.7 Å². The number of nitrogens with zero attached hydrogens (tertiary/aromatic N) is 5. The molecule has 326 valence electrons. The number of carbonyl (C=O) groups is 4. The zero-order valence-corrected chi connectivity index (χ0v) is 35.3. The summed E-state index contributed by atoms with van der Waals surface area (Å²) in [6.07, 6.45) is 8.15. The van der Waals surface area contributed by atoms with E-state index in [2.05, 4.69) is 25.6 Å². The normalized spacial score (nSPS) is 19.1. The van der Waals surface area contributed by atoms with Crippen LogP contribution in [0, 0.1) is 17.7 Å². The first kappa shape index (κ1) is 42.3. The van der Waals surface area contributed by atoms with Crippen LogP contribution >= 0.6 is 0 Å². The van der Waals surface area contributed by atoms with Crippen molar-refractivity contribution in [2.75, 3.05) is 40.5 Å². The zero-order valence-electron chi connectivity index (χ0n) is 35.3. The number of halogens is 1. The molecule has 0 radical (unpaired) electrons. The maximum absolute atomic E-state index is 15.8. The first-order chi connectivity index (χ1) is 30.0. The molecular weight excluding hydrogens is 798 g/mol. The molecule has 6 heterocycles. The summed E-state index contributed by atoms with van der Waals surface area (Å²) in [7, 11) is 2.55. The van der Waals surface area contributed by atoms with E-state index >= 15 is 4.39 Å². The van der Waals surface area contributed by atoms with Crippen molar-refractivity contribution < 1.29 is 37.8 Å². The van der Waals surface area contributed by atoms with Gasteiger partial charge in [0.25, 0.3) is 0 Å². The lowest BCUT2D eigenvalue weighted by Gasteiger charge is -2.34. The number of alkyl carbamates (subject to hydrolysis) is 2. The lowest BCUT2D eigenvalue weighted by Crippen LogP contribution is -2.53. The average molecular weight is 850 g/mol. The number of ether oxygens (including phenoxy) is 3. The largest absolute Gasteiger partial charge is 0.453 e. The number of fused-ring (bicyclic) bond motifs is 1. The maximum Gasteiger partial charge on any atom is 0.407 e. The van der Waals surface area contributed by atoms with Crippen LogP contribution in [0.1, 0.15) is 76.1 Å². The van der Waals surface area contributed by atoms with Crippen molar-refractivity contribution in [3.05, 3.63) is 78.5 Å². The molecule has 16 nitrogen and oxygen atoms in total. The monoisotopic (exact) mass is 849 g/mol. The van der Waals surface area contributed by atoms with E-state index in [4.69, 9.17) is 24.2 Å². The Kier molecular flexibility index (Phi) is 12.5. The van der Waals surface area contributed by atoms with E-state index in [1.165, 1.54) is 20.3 Å². The zero-order chi connectivity index (χ0) is 43.5. The van der Waals surface area contributed by atoms with Gasteiger partial charge in [-0.1, -0.05) is 32.0 Å². The summed E-state index contributed by atoms with van der Waals surface area (Å²) in [5.74, 6) is 0.205. The summed E-state index contributed by atoms with van der Waals surface area (Å²) in [6, 6.07) is 10.8. The standard InChI is InChI=1S/C45H52FN9O7/c1-25(2)38(52-44(58)60-3)42(56)54-15-5-8-37(54)41-49-24-35(51-41)31-12-11-29(20-32(31)46)33-21-27-9-10-28(19-30(27)22-47-33)34-23-48-40(50-34)36-7-6-16-55(36)43(57)39(53-45(59)61-4)26-13-17-62-18-14-26/h9-12,19-26,36-39H,5-8,13-18H2,1-4H3,(H,48,50)(H,49,51)(H,52,58)(H,53,59)/t36-,37-,38-,39-/m0/s1. The number of hydrogen-bond acceptors (Lipinski definition) is 10. The Hall–Kier alpha value is -6.36. The third kappa shape index (κ3) is 8.71. The van der Waals surface area contributed by atoms with Gasteiger partial charge in [-0.05, 0) is 80.0 Å². The fraction of sp³-hybridized carbons (Fsp3) is 0.444. The van der Waals surface area contributed by atoms with E-state index in [1.54, 1.807) is 29.6 Å². The highest BCUT2D eigenvalue weighted by Gasteiger charge is 2.41. The minimum absolute atomic E-state index is 0.0528. The van der Waals surface area contributed by atoms with Crippen molar-refractivity contribution >= 4 is 34.8 Å². The molecule has 17 heteroatoms. The number of imidazole rings is 2. The predicted octanol–water partition coefficient (Wildman–Crippen LogP) is 6.68. The van der Waals surface area contributed by atoms with Gasteiger partial charge in [-0.15, -0.1) is 0 Å². The van der Waals surface area contributed by atoms with Crippen molar-refractivity contribution in [2.24, 2.45) is 11.8 Å². The molecule has 62 heavy (non-hydrogen) atoms. The van der Waals surface area contributed by atoms with Crippen LogP contribution in [-0.4, -0.2) is 111 Å². The van der Waals surface area contributed by atoms with Crippen LogP contribution < -0.4 is 10.6 Å². The second kappa shape index (κ2) is 18.3. The van der Waals surface area contributed by atoms with Gasteiger partial charge in [0.15, 0.2) is 0 Å². The number of nitrogens with one attached hydrogen (secondary N) is 4. The Morgan fingerprint density at radius 1 is 0.742 bits per heavy atom. The number of amides is 4. The number of H-pyrrole nitrogens is 2. The molecule has 4 amide bonds. The van der Waals surface area contributed by atoms with Gasteiger partial charge in [-0.25, -0.2) is 23.9 Å². The molecular formula is C45H52FN9O7. The van der Waals surface area contributed by atoms with Gasteiger partial charge in [-0.3, -0.25) is 14.6 Å². The Morgan fingerprint density at radius 3 is 2.03 bits per heavy atom. The summed E-state index contributed by atoms with van der Waals surface area (Å²) < 4.78 is 31.0. The molecule has 4 N–H and O–H groups in total. The van der Waals surface area contributed by atoms with Gasteiger partial charge in [0.05, 0.1) is 55.8 Å². The first-order valence-corrected chi connectivity index (χ1v) is 21.2. The predicted molar refractivity (Wildman–Crippen MR) is 227 cm³/mol. The van der Waals surface area contributed by atoms with Crippen LogP contribution in [0.5, 0.6) is 0 Å². The fourth-order valence-corrected chi connectivity index (χ4v) is 8.96. The quantitative estimate of drug-likeness (QED) is 0.111. The summed E-state index contributed by atoms with van der Waals surface area (Å²) >= 11 is 0. The Morgan fingerprint density at radius 2 is 1.37 bits per heavy atom. The van der Waals surface area contributed by atoms with Gasteiger partial charge in [0, 0.05) is 54.6 Å². The molecule has 0 saturated carbocycles. The average Bonchev–Trinajstić information content (AvgIpc) is 4.14. The smallest absolute Gasteiger partial charge is 0.407 e. The van der Waals surface area contributed by atoms with Crippen molar-refractivity contribution in [3.8, 4) is 33.8 Å². The number of pyridine rings is 1.